The van der Waals surface area contributed by atoms with Gasteiger partial charge in [-0.1, -0.05) is 18.9 Å². The van der Waals surface area contributed by atoms with E-state index in [1.165, 1.54) is 18.3 Å². The predicted molar refractivity (Wildman–Crippen MR) is 77.4 cm³/mol. The summed E-state index contributed by atoms with van der Waals surface area (Å²) in [4.78, 5) is 24.1. The Labute approximate surface area is 125 Å². The molecule has 2 aliphatic carbocycles. The van der Waals surface area contributed by atoms with Crippen molar-refractivity contribution in [1.82, 2.24) is 0 Å². The summed E-state index contributed by atoms with van der Waals surface area (Å²) in [5.41, 5.74) is 2.06. The van der Waals surface area contributed by atoms with Gasteiger partial charge in [0.2, 0.25) is 0 Å². The first-order valence-electron chi connectivity index (χ1n) is 7.87. The van der Waals surface area contributed by atoms with E-state index in [1.807, 2.05) is 6.92 Å². The number of fused-ring (bicyclic) bond motifs is 2. The van der Waals surface area contributed by atoms with Crippen LogP contribution in [-0.2, 0) is 19.1 Å². The Morgan fingerprint density at radius 3 is 2.81 bits per heavy atom. The minimum Gasteiger partial charge on any atom is -0.469 e. The molecule has 1 saturated carbocycles. The van der Waals surface area contributed by atoms with Crippen molar-refractivity contribution in [3.8, 4) is 0 Å². The molecule has 0 N–H and O–H groups in total. The number of methoxy groups -OCH3 is 1. The summed E-state index contributed by atoms with van der Waals surface area (Å²) in [5.74, 6) is 0.0395. The van der Waals surface area contributed by atoms with Crippen LogP contribution in [0.5, 0.6) is 0 Å². The predicted octanol–water partition coefficient (Wildman–Crippen LogP) is 3.01. The number of cyclic esters (lactones) is 1. The molecule has 0 aromatic heterocycles. The smallest absolute Gasteiger partial charge is 0.311 e. The molecule has 4 heteroatoms. The minimum atomic E-state index is -0.429. The van der Waals surface area contributed by atoms with Crippen LogP contribution >= 0.6 is 0 Å². The molecule has 1 fully saturated rings. The van der Waals surface area contributed by atoms with Gasteiger partial charge in [-0.3, -0.25) is 9.59 Å². The molecule has 21 heavy (non-hydrogen) atoms. The van der Waals surface area contributed by atoms with Crippen molar-refractivity contribution in [2.24, 2.45) is 16.7 Å². The number of carbonyl (C=O) groups is 2. The van der Waals surface area contributed by atoms with Crippen LogP contribution in [0.15, 0.2) is 11.1 Å². The van der Waals surface area contributed by atoms with Crippen molar-refractivity contribution < 1.29 is 19.1 Å². The Bertz CT molecular complexity index is 521. The van der Waals surface area contributed by atoms with E-state index >= 15 is 0 Å². The van der Waals surface area contributed by atoms with Gasteiger partial charge < -0.3 is 9.47 Å². The lowest BCUT2D eigenvalue weighted by Crippen LogP contribution is -2.51. The first kappa shape index (κ1) is 14.6. The van der Waals surface area contributed by atoms with Gasteiger partial charge in [0.25, 0.3) is 0 Å². The van der Waals surface area contributed by atoms with Crippen LogP contribution in [0.4, 0.5) is 0 Å². The van der Waals surface area contributed by atoms with Crippen LogP contribution < -0.4 is 0 Å². The molecule has 1 aliphatic heterocycles. The Hall–Kier alpha value is -1.32. The first-order chi connectivity index (χ1) is 9.91. The van der Waals surface area contributed by atoms with Crippen LogP contribution in [0, 0.1) is 16.7 Å². The van der Waals surface area contributed by atoms with Crippen molar-refractivity contribution in [1.29, 1.82) is 0 Å². The fourth-order valence-corrected chi connectivity index (χ4v) is 5.07. The summed E-state index contributed by atoms with van der Waals surface area (Å²) in [7, 11) is 1.48. The van der Waals surface area contributed by atoms with Crippen molar-refractivity contribution in [3.63, 3.8) is 0 Å². The zero-order chi connectivity index (χ0) is 15.3. The van der Waals surface area contributed by atoms with Crippen LogP contribution in [0.3, 0.4) is 0 Å². The number of rotatable bonds is 1. The largest absolute Gasteiger partial charge is 0.469 e. The zero-order valence-corrected chi connectivity index (χ0v) is 13.2. The van der Waals surface area contributed by atoms with Crippen molar-refractivity contribution in [3.05, 3.63) is 11.1 Å². The lowest BCUT2D eigenvalue weighted by molar-refractivity contribution is -0.163. The van der Waals surface area contributed by atoms with E-state index in [1.54, 1.807) is 0 Å². The second kappa shape index (κ2) is 4.85. The summed E-state index contributed by atoms with van der Waals surface area (Å²) >= 11 is 0. The summed E-state index contributed by atoms with van der Waals surface area (Å²) in [6.07, 6.45) is 5.27. The molecule has 0 aromatic carbocycles. The number of hydrogen-bond acceptors (Lipinski definition) is 4. The highest BCUT2D eigenvalue weighted by Gasteiger charge is 2.56. The third-order valence-electron chi connectivity index (χ3n) is 6.16. The molecular formula is C17H24O4. The van der Waals surface area contributed by atoms with Gasteiger partial charge in [0, 0.05) is 0 Å². The average molecular weight is 292 g/mol. The van der Waals surface area contributed by atoms with E-state index in [9.17, 15) is 9.59 Å². The maximum absolute atomic E-state index is 12.4. The lowest BCUT2D eigenvalue weighted by Gasteiger charge is -2.55. The van der Waals surface area contributed by atoms with Gasteiger partial charge >= 0.3 is 11.9 Å². The monoisotopic (exact) mass is 292 g/mol. The molecule has 1 heterocycles. The number of ether oxygens (including phenoxy) is 2. The molecule has 0 radical (unpaired) electrons. The van der Waals surface area contributed by atoms with Gasteiger partial charge in [0.1, 0.15) is 6.61 Å². The molecule has 3 aliphatic rings. The third kappa shape index (κ3) is 2.02. The number of carbonyl (C=O) groups excluding carboxylic acids is 2. The van der Waals surface area contributed by atoms with E-state index in [-0.39, 0.29) is 23.3 Å². The molecule has 0 amide bonds. The molecule has 0 bridgehead atoms. The fraction of sp³-hybridized carbons (Fsp3) is 0.765. The van der Waals surface area contributed by atoms with E-state index in [0.717, 1.165) is 32.1 Å². The molecule has 116 valence electrons. The van der Waals surface area contributed by atoms with Gasteiger partial charge in [0.05, 0.1) is 18.9 Å². The summed E-state index contributed by atoms with van der Waals surface area (Å²) in [6, 6.07) is 0. The Balaban J connectivity index is 2.03. The Morgan fingerprint density at radius 2 is 2.10 bits per heavy atom. The molecule has 0 unspecified atom stereocenters. The van der Waals surface area contributed by atoms with E-state index in [0.29, 0.717) is 13.0 Å². The maximum Gasteiger partial charge on any atom is 0.311 e. The van der Waals surface area contributed by atoms with Gasteiger partial charge in [-0.05, 0) is 49.5 Å². The highest BCUT2D eigenvalue weighted by molar-refractivity contribution is 5.78. The molecule has 3 rings (SSSR count). The molecule has 0 spiro atoms. The van der Waals surface area contributed by atoms with Crippen molar-refractivity contribution in [2.45, 2.75) is 52.4 Å². The molecule has 4 nitrogen and oxygen atoms in total. The summed E-state index contributed by atoms with van der Waals surface area (Å²) < 4.78 is 10.3. The average Bonchev–Trinajstić information content (AvgIpc) is 2.46. The number of esters is 2. The third-order valence-corrected chi connectivity index (χ3v) is 6.16. The molecule has 0 saturated heterocycles. The number of hydrogen-bond donors (Lipinski definition) is 0. The van der Waals surface area contributed by atoms with E-state index < -0.39 is 5.41 Å². The minimum absolute atomic E-state index is 0.0613. The quantitative estimate of drug-likeness (QED) is 0.550. The first-order valence-corrected chi connectivity index (χ1v) is 7.87. The van der Waals surface area contributed by atoms with Gasteiger partial charge in [-0.25, -0.2) is 0 Å². The fourth-order valence-electron chi connectivity index (χ4n) is 5.07. The Morgan fingerprint density at radius 1 is 1.33 bits per heavy atom. The highest BCUT2D eigenvalue weighted by Crippen LogP contribution is 2.61. The SMILES string of the molecule is COC(=O)[C@@]1(C)CCC[C@]2(C)C3=C(CC[C@@H]12)COC(=O)C3. The summed E-state index contributed by atoms with van der Waals surface area (Å²) in [5, 5.41) is 0. The highest BCUT2D eigenvalue weighted by atomic mass is 16.5. The van der Waals surface area contributed by atoms with Gasteiger partial charge in [-0.15, -0.1) is 0 Å². The van der Waals surface area contributed by atoms with E-state index in [4.69, 9.17) is 9.47 Å². The van der Waals surface area contributed by atoms with E-state index in [2.05, 4.69) is 6.92 Å². The second-order valence-electron chi connectivity index (χ2n) is 7.19. The standard InChI is InChI=1S/C17H24O4/c1-16-7-4-8-17(2,15(19)20-3)13(16)6-5-11-10-21-14(18)9-12(11)16/h13H,4-10H2,1-3H3/t13-,16-,17+/m1/s1. The van der Waals surface area contributed by atoms with Crippen molar-refractivity contribution >= 4 is 11.9 Å². The normalized spacial score (nSPS) is 39.2. The van der Waals surface area contributed by atoms with Gasteiger partial charge in [-0.2, -0.15) is 0 Å². The van der Waals surface area contributed by atoms with Gasteiger partial charge in [0.15, 0.2) is 0 Å². The van der Waals surface area contributed by atoms with Crippen LogP contribution in [0.2, 0.25) is 0 Å². The summed E-state index contributed by atoms with van der Waals surface area (Å²) in [6.45, 7) is 4.74. The molecule has 0 aromatic rings. The van der Waals surface area contributed by atoms with Crippen LogP contribution in [0.25, 0.3) is 0 Å². The van der Waals surface area contributed by atoms with Crippen LogP contribution in [0.1, 0.15) is 52.4 Å². The second-order valence-corrected chi connectivity index (χ2v) is 7.19. The molecular weight excluding hydrogens is 268 g/mol. The lowest BCUT2D eigenvalue weighted by atomic mass is 9.49. The maximum atomic E-state index is 12.4. The van der Waals surface area contributed by atoms with Crippen LogP contribution in [-0.4, -0.2) is 25.7 Å². The van der Waals surface area contributed by atoms with Crippen molar-refractivity contribution in [2.75, 3.05) is 13.7 Å². The zero-order valence-electron chi connectivity index (χ0n) is 13.2. The Kier molecular flexibility index (Phi) is 3.38. The molecule has 3 atom stereocenters. The topological polar surface area (TPSA) is 52.6 Å².